The number of aliphatic hydroxyl groups excluding tert-OH is 3. The second-order valence-corrected chi connectivity index (χ2v) is 9.84. The molecule has 1 aromatic rings. The molecule has 35 heavy (non-hydrogen) atoms. The molecule has 0 heterocycles. The highest BCUT2D eigenvalue weighted by molar-refractivity contribution is 6.24. The Morgan fingerprint density at radius 1 is 1.09 bits per heavy atom. The van der Waals surface area contributed by atoms with Crippen LogP contribution in [0.1, 0.15) is 24.0 Å². The lowest BCUT2D eigenvalue weighted by Gasteiger charge is -2.54. The van der Waals surface area contributed by atoms with E-state index < -0.39 is 75.6 Å². The largest absolute Gasteiger partial charge is 0.508 e. The van der Waals surface area contributed by atoms with E-state index in [1.807, 2.05) is 0 Å². The second kappa shape index (κ2) is 7.80. The molecule has 0 aliphatic heterocycles. The molecule has 3 aliphatic rings. The zero-order valence-electron chi connectivity index (χ0n) is 20.0. The van der Waals surface area contributed by atoms with Crippen molar-refractivity contribution in [3.05, 3.63) is 40.2 Å². The van der Waals surface area contributed by atoms with Crippen LogP contribution < -0.4 is 10.6 Å². The van der Waals surface area contributed by atoms with Crippen LogP contribution in [0.2, 0.25) is 0 Å². The summed E-state index contributed by atoms with van der Waals surface area (Å²) in [7, 11) is 6.44. The standard InChI is InChI=1S/C24H29N3O8/c1-8-11-9(26(2)3)6-7-10(28)13(11)18(29)14-12(8)19(30)16-17(27(4)5)20(31)15(23(25)34)22(33)24(16,35)21(14)32/h6-8,12,16-17,19,28-30,33,35H,1-5H3,(H2,25,34)/t8-,12+,16+,17-,19-,24-/m0/s1. The van der Waals surface area contributed by atoms with Crippen molar-refractivity contribution < 1.29 is 39.9 Å². The van der Waals surface area contributed by atoms with Gasteiger partial charge in [-0.05, 0) is 37.7 Å². The van der Waals surface area contributed by atoms with Gasteiger partial charge in [0.1, 0.15) is 22.8 Å². The molecule has 0 radical (unpaired) electrons. The predicted octanol–water partition coefficient (Wildman–Crippen LogP) is -0.438. The predicted molar refractivity (Wildman–Crippen MR) is 125 cm³/mol. The fourth-order valence-electron chi connectivity index (χ4n) is 6.06. The maximum absolute atomic E-state index is 13.9. The number of carbonyl (C=O) groups is 3. The first-order valence-corrected chi connectivity index (χ1v) is 11.1. The SMILES string of the molecule is C[C@H]1c2c(N(C)C)ccc(O)c2C(O)=C2C(=O)[C@]3(O)C(O)=C(C(N)=O)C(=O)[C@@H](N(C)C)[C@@H]3[C@@H](O)[C@@H]21. The molecular weight excluding hydrogens is 458 g/mol. The first-order chi connectivity index (χ1) is 16.2. The third kappa shape index (κ3) is 2.98. The molecule has 0 aromatic heterocycles. The Kier molecular flexibility index (Phi) is 5.51. The van der Waals surface area contributed by atoms with Crippen molar-refractivity contribution in [3.63, 3.8) is 0 Å². The van der Waals surface area contributed by atoms with E-state index in [-0.39, 0.29) is 11.3 Å². The van der Waals surface area contributed by atoms with Crippen molar-refractivity contribution in [2.75, 3.05) is 33.1 Å². The molecule has 6 atom stereocenters. The molecule has 0 unspecified atom stereocenters. The number of primary amides is 1. The van der Waals surface area contributed by atoms with Crippen LogP contribution in [0, 0.1) is 11.8 Å². The second-order valence-electron chi connectivity index (χ2n) is 9.84. The number of nitrogens with two attached hydrogens (primary N) is 1. The Morgan fingerprint density at radius 2 is 1.69 bits per heavy atom. The van der Waals surface area contributed by atoms with Gasteiger partial charge in [-0.2, -0.15) is 0 Å². The van der Waals surface area contributed by atoms with Gasteiger partial charge in [-0.3, -0.25) is 19.3 Å². The molecule has 1 fully saturated rings. The number of benzene rings is 1. The molecule has 1 amide bonds. The van der Waals surface area contributed by atoms with Crippen LogP contribution in [0.4, 0.5) is 5.69 Å². The van der Waals surface area contributed by atoms with Crippen LogP contribution in [-0.4, -0.2) is 93.8 Å². The number of likely N-dealkylation sites (N-methyl/N-ethyl adjacent to an activating group) is 1. The summed E-state index contributed by atoms with van der Waals surface area (Å²) in [6, 6.07) is 1.60. The Labute approximate surface area is 201 Å². The normalized spacial score (nSPS) is 32.4. The Hall–Kier alpha value is -3.41. The van der Waals surface area contributed by atoms with E-state index in [0.29, 0.717) is 11.3 Å². The third-order valence-electron chi connectivity index (χ3n) is 7.57. The van der Waals surface area contributed by atoms with E-state index in [9.17, 15) is 39.9 Å². The van der Waals surface area contributed by atoms with Crippen molar-refractivity contribution in [1.29, 1.82) is 0 Å². The van der Waals surface area contributed by atoms with Crippen LogP contribution in [0.5, 0.6) is 5.75 Å². The first kappa shape index (κ1) is 24.7. The van der Waals surface area contributed by atoms with Crippen LogP contribution in [0.15, 0.2) is 29.0 Å². The highest BCUT2D eigenvalue weighted by atomic mass is 16.4. The number of anilines is 1. The van der Waals surface area contributed by atoms with E-state index in [1.54, 1.807) is 32.0 Å². The topological polar surface area (TPSA) is 185 Å². The van der Waals surface area contributed by atoms with Crippen LogP contribution in [-0.2, 0) is 14.4 Å². The van der Waals surface area contributed by atoms with E-state index in [2.05, 4.69) is 0 Å². The van der Waals surface area contributed by atoms with Gasteiger partial charge in [-0.25, -0.2) is 0 Å². The highest BCUT2D eigenvalue weighted by Gasteiger charge is 2.68. The van der Waals surface area contributed by atoms with Gasteiger partial charge in [-0.1, -0.05) is 6.92 Å². The van der Waals surface area contributed by atoms with Crippen molar-refractivity contribution in [2.45, 2.75) is 30.6 Å². The van der Waals surface area contributed by atoms with Gasteiger partial charge >= 0.3 is 0 Å². The van der Waals surface area contributed by atoms with Gasteiger partial charge in [0.2, 0.25) is 5.78 Å². The molecule has 0 spiro atoms. The number of aromatic hydroxyl groups is 1. The zero-order chi connectivity index (χ0) is 26.3. The van der Waals surface area contributed by atoms with Crippen LogP contribution in [0.3, 0.4) is 0 Å². The number of carbonyl (C=O) groups excluding carboxylic acids is 3. The third-order valence-corrected chi connectivity index (χ3v) is 7.57. The van der Waals surface area contributed by atoms with E-state index in [0.717, 1.165) is 0 Å². The molecule has 1 saturated carbocycles. The van der Waals surface area contributed by atoms with Gasteiger partial charge in [-0.15, -0.1) is 0 Å². The van der Waals surface area contributed by atoms with Gasteiger partial charge in [0.25, 0.3) is 5.91 Å². The fourth-order valence-corrected chi connectivity index (χ4v) is 6.06. The van der Waals surface area contributed by atoms with E-state index >= 15 is 0 Å². The van der Waals surface area contributed by atoms with Crippen LogP contribution >= 0.6 is 0 Å². The molecule has 11 nitrogen and oxygen atoms in total. The number of fused-ring (bicyclic) bond motifs is 3. The number of Topliss-reactive ketones (excluding diaryl/α,β-unsaturated/α-hetero) is 2. The number of phenols is 1. The molecule has 4 rings (SSSR count). The number of aliphatic hydroxyl groups is 4. The minimum absolute atomic E-state index is 0.0350. The maximum Gasteiger partial charge on any atom is 0.255 e. The lowest BCUT2D eigenvalue weighted by atomic mass is 9.54. The van der Waals surface area contributed by atoms with Gasteiger partial charge < -0.3 is 36.2 Å². The lowest BCUT2D eigenvalue weighted by molar-refractivity contribution is -0.169. The minimum atomic E-state index is -2.92. The Morgan fingerprint density at radius 3 is 2.20 bits per heavy atom. The number of phenolic OH excluding ortho intramolecular Hbond substituents is 1. The monoisotopic (exact) mass is 487 g/mol. The number of hydrogen-bond acceptors (Lipinski definition) is 10. The Balaban J connectivity index is 2.09. The number of ketones is 2. The molecule has 0 saturated heterocycles. The summed E-state index contributed by atoms with van der Waals surface area (Å²) in [4.78, 5) is 42.1. The molecule has 1 aromatic carbocycles. The van der Waals surface area contributed by atoms with Crippen molar-refractivity contribution >= 4 is 28.9 Å². The summed E-state index contributed by atoms with van der Waals surface area (Å²) in [5.74, 6) is -9.04. The zero-order valence-corrected chi connectivity index (χ0v) is 20.0. The Bertz CT molecular complexity index is 1230. The molecule has 3 aliphatic carbocycles. The number of hydrogen-bond donors (Lipinski definition) is 6. The summed E-state index contributed by atoms with van der Waals surface area (Å²) < 4.78 is 0. The fraction of sp³-hybridized carbons (Fsp3) is 0.458. The average molecular weight is 488 g/mol. The van der Waals surface area contributed by atoms with Gasteiger partial charge in [0.05, 0.1) is 23.6 Å². The molecule has 0 bridgehead atoms. The summed E-state index contributed by atoms with van der Waals surface area (Å²) >= 11 is 0. The summed E-state index contributed by atoms with van der Waals surface area (Å²) in [5, 5.41) is 55.9. The van der Waals surface area contributed by atoms with Crippen molar-refractivity contribution in [2.24, 2.45) is 17.6 Å². The molecule has 11 heteroatoms. The van der Waals surface area contributed by atoms with Gasteiger partial charge in [0.15, 0.2) is 11.4 Å². The average Bonchev–Trinajstić information content (AvgIpc) is 2.75. The minimum Gasteiger partial charge on any atom is -0.508 e. The molecular formula is C24H29N3O8. The summed E-state index contributed by atoms with van der Waals surface area (Å²) in [5.41, 5.74) is 2.09. The van der Waals surface area contributed by atoms with Crippen molar-refractivity contribution in [1.82, 2.24) is 4.90 Å². The molecule has 188 valence electrons. The summed E-state index contributed by atoms with van der Waals surface area (Å²) in [6.45, 7) is 1.70. The number of rotatable bonds is 3. The maximum atomic E-state index is 13.9. The van der Waals surface area contributed by atoms with Crippen LogP contribution in [0.25, 0.3) is 5.76 Å². The quantitative estimate of drug-likeness (QED) is 0.305. The van der Waals surface area contributed by atoms with E-state index in [1.165, 1.54) is 25.1 Å². The lowest BCUT2D eigenvalue weighted by Crippen LogP contribution is -2.70. The number of nitrogens with zero attached hydrogens (tertiary/aromatic N) is 2. The summed E-state index contributed by atoms with van der Waals surface area (Å²) in [6.07, 6.45) is -1.62. The smallest absolute Gasteiger partial charge is 0.255 e. The number of amides is 1. The molecule has 7 N–H and O–H groups in total. The highest BCUT2D eigenvalue weighted by Crippen LogP contribution is 2.57. The van der Waals surface area contributed by atoms with Gasteiger partial charge in [0, 0.05) is 31.3 Å². The first-order valence-electron chi connectivity index (χ1n) is 11.1. The van der Waals surface area contributed by atoms with E-state index in [4.69, 9.17) is 5.73 Å². The van der Waals surface area contributed by atoms with Crippen molar-refractivity contribution in [3.8, 4) is 5.75 Å².